The Morgan fingerprint density at radius 2 is 1.44 bits per heavy atom. The van der Waals surface area contributed by atoms with Crippen molar-refractivity contribution in [3.63, 3.8) is 0 Å². The first-order valence-corrected chi connectivity index (χ1v) is 6.11. The summed E-state index contributed by atoms with van der Waals surface area (Å²) in [5.41, 5.74) is 0. The lowest BCUT2D eigenvalue weighted by molar-refractivity contribution is -0.214. The highest BCUT2D eigenvalue weighted by atomic mass is 19.4. The van der Waals surface area contributed by atoms with E-state index in [1.165, 1.54) is 19.3 Å². The van der Waals surface area contributed by atoms with Gasteiger partial charge in [-0.05, 0) is 6.42 Å². The van der Waals surface area contributed by atoms with Crippen molar-refractivity contribution < 1.29 is 17.9 Å². The summed E-state index contributed by atoms with van der Waals surface area (Å²) < 4.78 is 41.2. The van der Waals surface area contributed by atoms with Crippen LogP contribution >= 0.6 is 0 Å². The molecule has 16 heavy (non-hydrogen) atoms. The second-order valence-electron chi connectivity index (χ2n) is 4.18. The van der Waals surface area contributed by atoms with E-state index in [0.29, 0.717) is 6.42 Å². The fraction of sp³-hybridized carbons (Fsp3) is 1.00. The summed E-state index contributed by atoms with van der Waals surface area (Å²) in [5.74, 6) is 0. The summed E-state index contributed by atoms with van der Waals surface area (Å²) in [4.78, 5) is 0. The standard InChI is InChI=1S/C12H23F3O/c1-3-4-5-6-7-8-9-10-11(16-2)12(13,14)15/h11H,3-10H2,1-2H3. The first-order valence-electron chi connectivity index (χ1n) is 6.11. The molecular formula is C12H23F3O. The van der Waals surface area contributed by atoms with Crippen LogP contribution in [0.4, 0.5) is 13.2 Å². The Bertz CT molecular complexity index is 157. The minimum atomic E-state index is -4.21. The number of rotatable bonds is 9. The van der Waals surface area contributed by atoms with Crippen LogP contribution in [0, 0.1) is 0 Å². The molecule has 0 aliphatic rings. The average molecular weight is 240 g/mol. The first kappa shape index (κ1) is 15.8. The zero-order chi connectivity index (χ0) is 12.4. The molecule has 0 saturated carbocycles. The Kier molecular flexibility index (Phi) is 8.71. The van der Waals surface area contributed by atoms with Gasteiger partial charge in [0.1, 0.15) is 0 Å². The lowest BCUT2D eigenvalue weighted by atomic mass is 10.1. The number of methoxy groups -OCH3 is 1. The third kappa shape index (κ3) is 7.97. The van der Waals surface area contributed by atoms with Crippen LogP contribution in [0.25, 0.3) is 0 Å². The number of halogens is 3. The van der Waals surface area contributed by atoms with Crippen LogP contribution < -0.4 is 0 Å². The van der Waals surface area contributed by atoms with E-state index in [1.807, 2.05) is 0 Å². The van der Waals surface area contributed by atoms with Crippen molar-refractivity contribution in [3.8, 4) is 0 Å². The predicted molar refractivity (Wildman–Crippen MR) is 59.5 cm³/mol. The molecule has 0 bridgehead atoms. The zero-order valence-corrected chi connectivity index (χ0v) is 10.3. The van der Waals surface area contributed by atoms with E-state index in [0.717, 1.165) is 26.4 Å². The molecule has 98 valence electrons. The summed E-state index contributed by atoms with van der Waals surface area (Å²) in [6, 6.07) is 0. The van der Waals surface area contributed by atoms with E-state index < -0.39 is 12.3 Å². The molecule has 0 radical (unpaired) electrons. The molecule has 4 heteroatoms. The average Bonchev–Trinajstić information content (AvgIpc) is 2.20. The SMILES string of the molecule is CCCCCCCCCC(OC)C(F)(F)F. The maximum absolute atomic E-state index is 12.3. The Balaban J connectivity index is 3.42. The maximum atomic E-state index is 12.3. The summed E-state index contributed by atoms with van der Waals surface area (Å²) >= 11 is 0. The Morgan fingerprint density at radius 3 is 1.88 bits per heavy atom. The predicted octanol–water partition coefficient (Wildman–Crippen LogP) is 4.70. The molecular weight excluding hydrogens is 217 g/mol. The van der Waals surface area contributed by atoms with Crippen LogP contribution in [0.15, 0.2) is 0 Å². The normalized spacial score (nSPS) is 14.1. The highest BCUT2D eigenvalue weighted by Gasteiger charge is 2.39. The molecule has 0 fully saturated rings. The molecule has 0 amide bonds. The smallest absolute Gasteiger partial charge is 0.372 e. The van der Waals surface area contributed by atoms with Crippen molar-refractivity contribution >= 4 is 0 Å². The summed E-state index contributed by atoms with van der Waals surface area (Å²) in [6.45, 7) is 2.15. The molecule has 1 unspecified atom stereocenters. The van der Waals surface area contributed by atoms with Crippen molar-refractivity contribution in [2.75, 3.05) is 7.11 Å². The third-order valence-corrected chi connectivity index (χ3v) is 2.72. The van der Waals surface area contributed by atoms with Gasteiger partial charge in [0.05, 0.1) is 0 Å². The van der Waals surface area contributed by atoms with Gasteiger partial charge in [-0.2, -0.15) is 13.2 Å². The minimum Gasteiger partial charge on any atom is -0.372 e. The third-order valence-electron chi connectivity index (χ3n) is 2.72. The van der Waals surface area contributed by atoms with Crippen LogP contribution in [0.5, 0.6) is 0 Å². The first-order chi connectivity index (χ1) is 7.52. The van der Waals surface area contributed by atoms with Gasteiger partial charge in [-0.1, -0.05) is 51.9 Å². The van der Waals surface area contributed by atoms with E-state index >= 15 is 0 Å². The molecule has 0 heterocycles. The molecule has 1 nitrogen and oxygen atoms in total. The van der Waals surface area contributed by atoms with Gasteiger partial charge in [-0.3, -0.25) is 0 Å². The van der Waals surface area contributed by atoms with E-state index in [-0.39, 0.29) is 6.42 Å². The number of hydrogen-bond donors (Lipinski definition) is 0. The Labute approximate surface area is 96.4 Å². The van der Waals surface area contributed by atoms with Gasteiger partial charge in [0.25, 0.3) is 0 Å². The lowest BCUT2D eigenvalue weighted by Crippen LogP contribution is -2.30. The Morgan fingerprint density at radius 1 is 0.938 bits per heavy atom. The van der Waals surface area contributed by atoms with Gasteiger partial charge >= 0.3 is 6.18 Å². The van der Waals surface area contributed by atoms with Gasteiger partial charge in [-0.25, -0.2) is 0 Å². The van der Waals surface area contributed by atoms with Gasteiger partial charge < -0.3 is 4.74 Å². The number of hydrogen-bond acceptors (Lipinski definition) is 1. The van der Waals surface area contributed by atoms with Gasteiger partial charge in [0, 0.05) is 7.11 Å². The van der Waals surface area contributed by atoms with Gasteiger partial charge in [0.15, 0.2) is 6.10 Å². The molecule has 0 aromatic heterocycles. The summed E-state index contributed by atoms with van der Waals surface area (Å²) in [5, 5.41) is 0. The van der Waals surface area contributed by atoms with Crippen LogP contribution in [-0.4, -0.2) is 19.4 Å². The molecule has 0 N–H and O–H groups in total. The van der Waals surface area contributed by atoms with Gasteiger partial charge in [0.2, 0.25) is 0 Å². The van der Waals surface area contributed by atoms with E-state index in [4.69, 9.17) is 0 Å². The highest BCUT2D eigenvalue weighted by Crippen LogP contribution is 2.26. The van der Waals surface area contributed by atoms with E-state index in [9.17, 15) is 13.2 Å². The molecule has 0 saturated heterocycles. The van der Waals surface area contributed by atoms with E-state index in [2.05, 4.69) is 11.7 Å². The molecule has 0 rings (SSSR count). The highest BCUT2D eigenvalue weighted by molar-refractivity contribution is 4.66. The number of alkyl halides is 3. The van der Waals surface area contributed by atoms with Crippen LogP contribution in [0.3, 0.4) is 0 Å². The monoisotopic (exact) mass is 240 g/mol. The maximum Gasteiger partial charge on any atom is 0.414 e. The van der Waals surface area contributed by atoms with Crippen molar-refractivity contribution in [2.45, 2.75) is 70.6 Å². The summed E-state index contributed by atoms with van der Waals surface area (Å²) in [7, 11) is 1.12. The number of unbranched alkanes of at least 4 members (excludes halogenated alkanes) is 6. The Hall–Kier alpha value is -0.250. The summed E-state index contributed by atoms with van der Waals surface area (Å²) in [6.07, 6.45) is 1.57. The van der Waals surface area contributed by atoms with Crippen molar-refractivity contribution in [2.24, 2.45) is 0 Å². The van der Waals surface area contributed by atoms with Gasteiger partial charge in [-0.15, -0.1) is 0 Å². The second kappa shape index (κ2) is 8.85. The molecule has 0 aromatic rings. The molecule has 0 spiro atoms. The minimum absolute atomic E-state index is 0.0910. The molecule has 1 atom stereocenters. The van der Waals surface area contributed by atoms with E-state index in [1.54, 1.807) is 0 Å². The molecule has 0 aliphatic heterocycles. The lowest BCUT2D eigenvalue weighted by Gasteiger charge is -2.18. The van der Waals surface area contributed by atoms with Crippen molar-refractivity contribution in [1.29, 1.82) is 0 Å². The van der Waals surface area contributed by atoms with Crippen molar-refractivity contribution in [3.05, 3.63) is 0 Å². The fourth-order valence-corrected chi connectivity index (χ4v) is 1.70. The second-order valence-corrected chi connectivity index (χ2v) is 4.18. The topological polar surface area (TPSA) is 9.23 Å². The van der Waals surface area contributed by atoms with Crippen molar-refractivity contribution in [1.82, 2.24) is 0 Å². The fourth-order valence-electron chi connectivity index (χ4n) is 1.70. The van der Waals surface area contributed by atoms with Crippen LogP contribution in [0.2, 0.25) is 0 Å². The molecule has 0 aromatic carbocycles. The quantitative estimate of drug-likeness (QED) is 0.530. The zero-order valence-electron chi connectivity index (χ0n) is 10.3. The molecule has 0 aliphatic carbocycles. The largest absolute Gasteiger partial charge is 0.414 e. The van der Waals surface area contributed by atoms with Crippen LogP contribution in [-0.2, 0) is 4.74 Å². The number of ether oxygens (including phenoxy) is 1. The van der Waals surface area contributed by atoms with Crippen LogP contribution in [0.1, 0.15) is 58.3 Å².